The SMILES string of the molecule is COc1ccc2ncc(Cl)c(CCCC3(C(=O)O)CCN(CC#Cc4ccc(F)cc4F)CC3)c2c1. The van der Waals surface area contributed by atoms with Crippen molar-refractivity contribution in [3.8, 4) is 17.6 Å². The Morgan fingerprint density at radius 2 is 2.00 bits per heavy atom. The van der Waals surface area contributed by atoms with Crippen molar-refractivity contribution in [1.29, 1.82) is 0 Å². The second-order valence-corrected chi connectivity index (χ2v) is 9.52. The molecule has 5 nitrogen and oxygen atoms in total. The Balaban J connectivity index is 1.37. The van der Waals surface area contributed by atoms with Gasteiger partial charge in [-0.25, -0.2) is 8.78 Å². The molecule has 188 valence electrons. The molecule has 1 fully saturated rings. The summed E-state index contributed by atoms with van der Waals surface area (Å²) >= 11 is 6.47. The first-order chi connectivity index (χ1) is 17.3. The highest BCUT2D eigenvalue weighted by molar-refractivity contribution is 6.32. The number of fused-ring (bicyclic) bond motifs is 1. The third-order valence-electron chi connectivity index (χ3n) is 6.94. The zero-order valence-electron chi connectivity index (χ0n) is 20.0. The molecule has 1 aliphatic rings. The Bertz CT molecular complexity index is 1330. The largest absolute Gasteiger partial charge is 0.497 e. The molecule has 2 aromatic carbocycles. The molecule has 4 rings (SSSR count). The molecule has 0 radical (unpaired) electrons. The normalized spacial score (nSPS) is 15.3. The van der Waals surface area contributed by atoms with Gasteiger partial charge in [-0.05, 0) is 68.0 Å². The quantitative estimate of drug-likeness (QED) is 0.410. The van der Waals surface area contributed by atoms with Gasteiger partial charge in [0.1, 0.15) is 17.4 Å². The molecule has 1 saturated heterocycles. The first kappa shape index (κ1) is 25.9. The number of hydrogen-bond donors (Lipinski definition) is 1. The lowest BCUT2D eigenvalue weighted by Gasteiger charge is -2.38. The minimum absolute atomic E-state index is 0.146. The van der Waals surface area contributed by atoms with Crippen molar-refractivity contribution >= 4 is 28.5 Å². The molecule has 0 atom stereocenters. The van der Waals surface area contributed by atoms with Crippen LogP contribution < -0.4 is 4.74 Å². The zero-order chi connectivity index (χ0) is 25.7. The molecule has 1 N–H and O–H groups in total. The Hall–Kier alpha value is -3.21. The number of halogens is 3. The van der Waals surface area contributed by atoms with Crippen LogP contribution in [0.1, 0.15) is 36.8 Å². The third-order valence-corrected chi connectivity index (χ3v) is 7.27. The summed E-state index contributed by atoms with van der Waals surface area (Å²) in [6.45, 7) is 1.57. The van der Waals surface area contributed by atoms with Crippen molar-refractivity contribution in [3.63, 3.8) is 0 Å². The molecule has 36 heavy (non-hydrogen) atoms. The van der Waals surface area contributed by atoms with E-state index < -0.39 is 23.0 Å². The number of aromatic nitrogens is 1. The van der Waals surface area contributed by atoms with Crippen LogP contribution in [0.4, 0.5) is 8.78 Å². The minimum Gasteiger partial charge on any atom is -0.497 e. The number of carboxylic acid groups (broad SMARTS) is 1. The van der Waals surface area contributed by atoms with Crippen molar-refractivity contribution in [3.05, 3.63) is 70.4 Å². The first-order valence-electron chi connectivity index (χ1n) is 11.8. The number of nitrogens with zero attached hydrogens (tertiary/aromatic N) is 2. The number of carboxylic acids is 1. The summed E-state index contributed by atoms with van der Waals surface area (Å²) in [5, 5.41) is 11.5. The summed E-state index contributed by atoms with van der Waals surface area (Å²) < 4.78 is 32.1. The van der Waals surface area contributed by atoms with E-state index in [1.807, 2.05) is 18.2 Å². The smallest absolute Gasteiger partial charge is 0.309 e. The highest BCUT2D eigenvalue weighted by Gasteiger charge is 2.40. The Kier molecular flexibility index (Phi) is 8.07. The highest BCUT2D eigenvalue weighted by Crippen LogP contribution is 2.38. The summed E-state index contributed by atoms with van der Waals surface area (Å²) in [6, 6.07) is 8.94. The van der Waals surface area contributed by atoms with Gasteiger partial charge in [-0.2, -0.15) is 0 Å². The van der Waals surface area contributed by atoms with E-state index in [4.69, 9.17) is 16.3 Å². The molecule has 8 heteroatoms. The van der Waals surface area contributed by atoms with Crippen LogP contribution in [0.25, 0.3) is 10.9 Å². The molecular formula is C28H27ClF2N2O3. The van der Waals surface area contributed by atoms with E-state index in [0.29, 0.717) is 62.5 Å². The number of likely N-dealkylation sites (tertiary alicyclic amines) is 1. The molecule has 2 heterocycles. The van der Waals surface area contributed by atoms with Crippen LogP contribution in [-0.2, 0) is 11.2 Å². The number of hydrogen-bond acceptors (Lipinski definition) is 4. The molecule has 0 unspecified atom stereocenters. The van der Waals surface area contributed by atoms with Gasteiger partial charge >= 0.3 is 5.97 Å². The average Bonchev–Trinajstić information content (AvgIpc) is 2.87. The Morgan fingerprint density at radius 1 is 1.22 bits per heavy atom. The topological polar surface area (TPSA) is 62.7 Å². The fourth-order valence-electron chi connectivity index (χ4n) is 4.73. The minimum atomic E-state index is -0.806. The fourth-order valence-corrected chi connectivity index (χ4v) is 4.98. The number of carbonyl (C=O) groups is 1. The van der Waals surface area contributed by atoms with Crippen molar-refractivity contribution in [2.45, 2.75) is 32.1 Å². The van der Waals surface area contributed by atoms with Crippen molar-refractivity contribution < 1.29 is 23.4 Å². The Morgan fingerprint density at radius 3 is 2.69 bits per heavy atom. The van der Waals surface area contributed by atoms with E-state index in [1.54, 1.807) is 13.3 Å². The van der Waals surface area contributed by atoms with E-state index in [2.05, 4.69) is 21.7 Å². The lowest BCUT2D eigenvalue weighted by Crippen LogP contribution is -2.44. The van der Waals surface area contributed by atoms with Crippen molar-refractivity contribution in [1.82, 2.24) is 9.88 Å². The zero-order valence-corrected chi connectivity index (χ0v) is 20.7. The van der Waals surface area contributed by atoms with Gasteiger partial charge in [0.05, 0.1) is 35.2 Å². The maximum atomic E-state index is 13.8. The van der Waals surface area contributed by atoms with E-state index in [1.165, 1.54) is 12.1 Å². The lowest BCUT2D eigenvalue weighted by atomic mass is 9.74. The number of ether oxygens (including phenoxy) is 1. The van der Waals surface area contributed by atoms with Crippen LogP contribution in [0.3, 0.4) is 0 Å². The highest BCUT2D eigenvalue weighted by atomic mass is 35.5. The van der Waals surface area contributed by atoms with Gasteiger partial charge in [0, 0.05) is 30.7 Å². The van der Waals surface area contributed by atoms with E-state index in [9.17, 15) is 18.7 Å². The number of benzene rings is 2. The number of methoxy groups -OCH3 is 1. The van der Waals surface area contributed by atoms with Gasteiger partial charge in [0.2, 0.25) is 0 Å². The van der Waals surface area contributed by atoms with Crippen LogP contribution >= 0.6 is 11.6 Å². The van der Waals surface area contributed by atoms with Crippen LogP contribution in [0.15, 0.2) is 42.6 Å². The van der Waals surface area contributed by atoms with Crippen molar-refractivity contribution in [2.24, 2.45) is 5.41 Å². The molecule has 0 spiro atoms. The standard InChI is InChI=1S/C28H27ClF2N2O3/c1-36-21-8-9-26-23(17-21)22(24(29)18-32-26)5-2-10-28(27(34)35)11-14-33(15-12-28)13-3-4-19-6-7-20(30)16-25(19)31/h6-9,16-18H,2,5,10-15H2,1H3,(H,34,35). The van der Waals surface area contributed by atoms with E-state index in [0.717, 1.165) is 22.5 Å². The maximum Gasteiger partial charge on any atom is 0.309 e. The van der Waals surface area contributed by atoms with Gasteiger partial charge in [-0.1, -0.05) is 23.4 Å². The van der Waals surface area contributed by atoms with E-state index in [-0.39, 0.29) is 5.56 Å². The molecule has 1 aromatic heterocycles. The second-order valence-electron chi connectivity index (χ2n) is 9.11. The summed E-state index contributed by atoms with van der Waals surface area (Å²) in [5.74, 6) is 4.26. The maximum absolute atomic E-state index is 13.8. The number of aliphatic carboxylic acids is 1. The third kappa shape index (κ3) is 5.77. The van der Waals surface area contributed by atoms with Gasteiger partial charge in [0.15, 0.2) is 0 Å². The second kappa shape index (κ2) is 11.2. The van der Waals surface area contributed by atoms with Gasteiger partial charge in [-0.3, -0.25) is 14.7 Å². The summed E-state index contributed by atoms with van der Waals surface area (Å²) in [5.41, 5.74) is 1.10. The van der Waals surface area contributed by atoms with Crippen LogP contribution in [0.5, 0.6) is 5.75 Å². The monoisotopic (exact) mass is 512 g/mol. The number of piperidine rings is 1. The first-order valence-corrected chi connectivity index (χ1v) is 12.2. The fraction of sp³-hybridized carbons (Fsp3) is 0.357. The molecule has 0 saturated carbocycles. The van der Waals surface area contributed by atoms with Crippen molar-refractivity contribution in [2.75, 3.05) is 26.7 Å². The Labute approximate surface area is 214 Å². The van der Waals surface area contributed by atoms with Gasteiger partial charge in [0.25, 0.3) is 0 Å². The molecule has 3 aromatic rings. The number of aryl methyl sites for hydroxylation is 1. The lowest BCUT2D eigenvalue weighted by molar-refractivity contribution is -0.152. The predicted octanol–water partition coefficient (Wildman–Crippen LogP) is 5.72. The molecule has 1 aliphatic heterocycles. The van der Waals surface area contributed by atoms with Crippen LogP contribution in [0.2, 0.25) is 5.02 Å². The average molecular weight is 513 g/mol. The molecular weight excluding hydrogens is 486 g/mol. The number of pyridine rings is 1. The molecule has 0 amide bonds. The van der Waals surface area contributed by atoms with E-state index >= 15 is 0 Å². The van der Waals surface area contributed by atoms with Crippen LogP contribution in [-0.4, -0.2) is 47.7 Å². The molecule has 0 bridgehead atoms. The predicted molar refractivity (Wildman–Crippen MR) is 135 cm³/mol. The van der Waals surface area contributed by atoms with Crippen LogP contribution in [0, 0.1) is 28.9 Å². The number of rotatable bonds is 7. The summed E-state index contributed by atoms with van der Waals surface area (Å²) in [7, 11) is 1.61. The van der Waals surface area contributed by atoms with Gasteiger partial charge in [-0.15, -0.1) is 0 Å². The molecule has 0 aliphatic carbocycles. The summed E-state index contributed by atoms with van der Waals surface area (Å²) in [6.07, 6.45) is 4.49. The summed E-state index contributed by atoms with van der Waals surface area (Å²) in [4.78, 5) is 18.7. The van der Waals surface area contributed by atoms with Gasteiger partial charge < -0.3 is 9.84 Å².